The van der Waals surface area contributed by atoms with Crippen LogP contribution in [0.5, 0.6) is 0 Å². The summed E-state index contributed by atoms with van der Waals surface area (Å²) in [5.74, 6) is -0.570. The largest absolute Gasteiger partial charge is 0.379 e. The molecule has 2 aromatic rings. The predicted octanol–water partition coefficient (Wildman–Crippen LogP) is 3.89. The highest BCUT2D eigenvalue weighted by Crippen LogP contribution is 2.51. The Labute approximate surface area is 147 Å². The van der Waals surface area contributed by atoms with Gasteiger partial charge in [0.05, 0.1) is 5.92 Å². The molecule has 3 nitrogen and oxygen atoms in total. The fraction of sp³-hybridized carbons (Fsp3) is 0.350. The lowest BCUT2D eigenvalue weighted by molar-refractivity contribution is -0.142. The zero-order valence-electron chi connectivity index (χ0n) is 14.3. The first-order valence-electron chi connectivity index (χ1n) is 8.42. The first-order chi connectivity index (χ1) is 11.5. The lowest BCUT2D eigenvalue weighted by Crippen LogP contribution is -2.47. The third kappa shape index (κ3) is 2.54. The Balaban J connectivity index is 2.16. The summed E-state index contributed by atoms with van der Waals surface area (Å²) in [7, 11) is 0. The summed E-state index contributed by atoms with van der Waals surface area (Å²) in [6.45, 7) is 7.07. The van der Waals surface area contributed by atoms with Crippen molar-refractivity contribution in [2.75, 3.05) is 13.1 Å². The van der Waals surface area contributed by atoms with E-state index in [1.165, 1.54) is 0 Å². The van der Waals surface area contributed by atoms with Crippen molar-refractivity contribution in [1.82, 2.24) is 4.90 Å². The molecule has 0 aromatic heterocycles. The van der Waals surface area contributed by atoms with E-state index in [-0.39, 0.29) is 5.91 Å². The number of carbonyl (C=O) groups is 1. The molecule has 4 heteroatoms. The van der Waals surface area contributed by atoms with Crippen LogP contribution in [-0.4, -0.2) is 29.0 Å². The van der Waals surface area contributed by atoms with Gasteiger partial charge in [0.2, 0.25) is 5.91 Å². The minimum atomic E-state index is -1.31. The van der Waals surface area contributed by atoms with Gasteiger partial charge in [-0.25, -0.2) is 0 Å². The number of aliphatic hydroxyl groups is 1. The molecule has 1 aliphatic rings. The van der Waals surface area contributed by atoms with Crippen LogP contribution in [0, 0.1) is 5.92 Å². The van der Waals surface area contributed by atoms with E-state index in [1.807, 2.05) is 69.3 Å². The molecule has 0 aliphatic carbocycles. The molecule has 0 saturated carbocycles. The number of carbonyl (C=O) groups excluding carboxylic acids is 1. The second-order valence-electron chi connectivity index (χ2n) is 6.09. The maximum Gasteiger partial charge on any atom is 0.229 e. The number of amides is 1. The molecule has 1 aliphatic heterocycles. The van der Waals surface area contributed by atoms with E-state index in [9.17, 15) is 9.90 Å². The molecule has 1 N–H and O–H groups in total. The lowest BCUT2D eigenvalue weighted by atomic mass is 9.75. The summed E-state index contributed by atoms with van der Waals surface area (Å²) in [6, 6.07) is 15.7. The Kier molecular flexibility index (Phi) is 4.70. The van der Waals surface area contributed by atoms with Gasteiger partial charge >= 0.3 is 0 Å². The van der Waals surface area contributed by atoms with Gasteiger partial charge in [-0.3, -0.25) is 4.79 Å². The second-order valence-corrected chi connectivity index (χ2v) is 7.18. The van der Waals surface area contributed by atoms with Gasteiger partial charge in [0, 0.05) is 34.0 Å². The topological polar surface area (TPSA) is 40.5 Å². The molecule has 1 heterocycles. The Morgan fingerprint density at radius 2 is 1.50 bits per heavy atom. The van der Waals surface area contributed by atoms with Crippen LogP contribution >= 0.6 is 11.8 Å². The van der Waals surface area contributed by atoms with Crippen LogP contribution in [0.25, 0.3) is 0 Å². The third-order valence-electron chi connectivity index (χ3n) is 4.89. The molecule has 0 fully saturated rings. The van der Waals surface area contributed by atoms with Crippen LogP contribution < -0.4 is 0 Å². The van der Waals surface area contributed by atoms with E-state index in [0.717, 1.165) is 20.9 Å². The van der Waals surface area contributed by atoms with Gasteiger partial charge in [0.1, 0.15) is 5.60 Å². The normalized spacial score (nSPS) is 16.0. The summed E-state index contributed by atoms with van der Waals surface area (Å²) >= 11 is 1.65. The van der Waals surface area contributed by atoms with Crippen molar-refractivity contribution >= 4 is 17.7 Å². The first-order valence-corrected chi connectivity index (χ1v) is 9.23. The van der Waals surface area contributed by atoms with E-state index in [1.54, 1.807) is 16.7 Å². The molecule has 24 heavy (non-hydrogen) atoms. The number of rotatable bonds is 4. The highest BCUT2D eigenvalue weighted by molar-refractivity contribution is 7.99. The molecule has 0 saturated heterocycles. The number of fused-ring (bicyclic) bond motifs is 2. The number of hydrogen-bond donors (Lipinski definition) is 1. The Bertz CT molecular complexity index is 709. The molecular weight excluding hydrogens is 318 g/mol. The fourth-order valence-electron chi connectivity index (χ4n) is 3.46. The fourth-order valence-corrected chi connectivity index (χ4v) is 4.66. The zero-order valence-corrected chi connectivity index (χ0v) is 15.1. The summed E-state index contributed by atoms with van der Waals surface area (Å²) in [5, 5.41) is 11.8. The van der Waals surface area contributed by atoms with Crippen LogP contribution in [0.2, 0.25) is 0 Å². The maximum atomic E-state index is 13.0. The second kappa shape index (κ2) is 6.61. The van der Waals surface area contributed by atoms with Crippen molar-refractivity contribution in [3.8, 4) is 0 Å². The minimum absolute atomic E-state index is 0.0148. The van der Waals surface area contributed by atoms with E-state index in [4.69, 9.17) is 0 Å². The van der Waals surface area contributed by atoms with Crippen molar-refractivity contribution < 1.29 is 9.90 Å². The number of hydrogen-bond acceptors (Lipinski definition) is 3. The third-order valence-corrected chi connectivity index (χ3v) is 6.04. The number of benzene rings is 2. The minimum Gasteiger partial charge on any atom is -0.379 e. The van der Waals surface area contributed by atoms with E-state index in [2.05, 4.69) is 0 Å². The van der Waals surface area contributed by atoms with Crippen molar-refractivity contribution in [2.24, 2.45) is 5.92 Å². The monoisotopic (exact) mass is 341 g/mol. The van der Waals surface area contributed by atoms with Gasteiger partial charge in [-0.15, -0.1) is 0 Å². The highest BCUT2D eigenvalue weighted by Gasteiger charge is 2.47. The molecule has 1 amide bonds. The molecule has 0 unspecified atom stereocenters. The quantitative estimate of drug-likeness (QED) is 0.917. The molecule has 0 bridgehead atoms. The summed E-state index contributed by atoms with van der Waals surface area (Å²) < 4.78 is 0. The van der Waals surface area contributed by atoms with Crippen LogP contribution in [0.15, 0.2) is 58.3 Å². The molecule has 2 aromatic carbocycles. The summed E-state index contributed by atoms with van der Waals surface area (Å²) in [5.41, 5.74) is 0.335. The van der Waals surface area contributed by atoms with Gasteiger partial charge in [0.15, 0.2) is 0 Å². The van der Waals surface area contributed by atoms with Crippen LogP contribution in [0.3, 0.4) is 0 Å². The number of nitrogens with zero attached hydrogens (tertiary/aromatic N) is 1. The van der Waals surface area contributed by atoms with Crippen LogP contribution in [0.4, 0.5) is 0 Å². The van der Waals surface area contributed by atoms with Gasteiger partial charge in [-0.1, -0.05) is 55.1 Å². The molecule has 1 atom stereocenters. The van der Waals surface area contributed by atoms with Crippen molar-refractivity contribution in [1.29, 1.82) is 0 Å². The highest BCUT2D eigenvalue weighted by atomic mass is 32.2. The smallest absolute Gasteiger partial charge is 0.229 e. The van der Waals surface area contributed by atoms with E-state index >= 15 is 0 Å². The van der Waals surface area contributed by atoms with Gasteiger partial charge in [-0.2, -0.15) is 0 Å². The van der Waals surface area contributed by atoms with Gasteiger partial charge in [0.25, 0.3) is 0 Å². The first kappa shape index (κ1) is 17.1. The Hall–Kier alpha value is -1.78. The standard InChI is InChI=1S/C20H23NO2S/c1-4-21(5-2)19(22)14(3)20(23)15-10-6-8-12-17(15)24-18-13-9-7-11-16(18)20/h6-14,23H,4-5H2,1-3H3/t14-/m0/s1. The summed E-state index contributed by atoms with van der Waals surface area (Å²) in [6.07, 6.45) is 0. The van der Waals surface area contributed by atoms with Crippen molar-refractivity contribution in [3.63, 3.8) is 0 Å². The Morgan fingerprint density at radius 3 is 1.96 bits per heavy atom. The molecular formula is C20H23NO2S. The van der Waals surface area contributed by atoms with E-state index in [0.29, 0.717) is 13.1 Å². The molecule has 0 spiro atoms. The molecule has 0 radical (unpaired) electrons. The molecule has 3 rings (SSSR count). The maximum absolute atomic E-state index is 13.0. The van der Waals surface area contributed by atoms with Crippen LogP contribution in [0.1, 0.15) is 31.9 Å². The zero-order chi connectivity index (χ0) is 17.3. The van der Waals surface area contributed by atoms with Gasteiger partial charge < -0.3 is 10.0 Å². The lowest BCUT2D eigenvalue weighted by Gasteiger charge is -2.41. The Morgan fingerprint density at radius 1 is 1.04 bits per heavy atom. The summed E-state index contributed by atoms with van der Waals surface area (Å²) in [4.78, 5) is 16.8. The average Bonchev–Trinajstić information content (AvgIpc) is 2.62. The SMILES string of the molecule is CCN(CC)C(=O)[C@H](C)C1(O)c2ccccc2Sc2ccccc21. The molecule has 126 valence electrons. The average molecular weight is 341 g/mol. The van der Waals surface area contributed by atoms with Crippen molar-refractivity contribution in [3.05, 3.63) is 59.7 Å². The van der Waals surface area contributed by atoms with E-state index < -0.39 is 11.5 Å². The van der Waals surface area contributed by atoms with Crippen molar-refractivity contribution in [2.45, 2.75) is 36.2 Å². The van der Waals surface area contributed by atoms with Gasteiger partial charge in [-0.05, 0) is 26.0 Å². The van der Waals surface area contributed by atoms with Crippen LogP contribution in [-0.2, 0) is 10.4 Å². The predicted molar refractivity (Wildman–Crippen MR) is 97.1 cm³/mol.